The number of fused-ring (bicyclic) bond motifs is 1. The van der Waals surface area contributed by atoms with Crippen molar-refractivity contribution >= 4 is 33.7 Å². The zero-order chi connectivity index (χ0) is 11.5. The Kier molecular flexibility index (Phi) is 2.59. The third-order valence-electron chi connectivity index (χ3n) is 2.15. The Labute approximate surface area is 102 Å². The van der Waals surface area contributed by atoms with Crippen LogP contribution < -0.4 is 0 Å². The molecule has 3 aromatic rings. The van der Waals surface area contributed by atoms with Crippen LogP contribution in [0.15, 0.2) is 47.7 Å². The first-order valence-electron chi connectivity index (χ1n) is 5.08. The maximum Gasteiger partial charge on any atom is 0.249 e. The van der Waals surface area contributed by atoms with Gasteiger partial charge in [-0.05, 0) is 18.2 Å². The second-order valence-corrected chi connectivity index (χ2v) is 4.39. The fraction of sp³-hybridized carbons (Fsp3) is 0. The van der Waals surface area contributed by atoms with Crippen LogP contribution in [0, 0.1) is 0 Å². The van der Waals surface area contributed by atoms with Crippen molar-refractivity contribution in [1.29, 1.82) is 0 Å². The first kappa shape index (κ1) is 10.0. The maximum absolute atomic E-state index is 4.44. The number of hydrogen-bond acceptors (Lipinski definition) is 5. The van der Waals surface area contributed by atoms with Crippen molar-refractivity contribution in [1.82, 2.24) is 15.0 Å². The summed E-state index contributed by atoms with van der Waals surface area (Å²) < 4.78 is 1.16. The van der Waals surface area contributed by atoms with Crippen LogP contribution in [0.4, 0.5) is 5.95 Å². The summed E-state index contributed by atoms with van der Waals surface area (Å²) in [5.41, 5.74) is 0.993. The molecule has 17 heavy (non-hydrogen) atoms. The molecule has 4 nitrogen and oxygen atoms in total. The van der Waals surface area contributed by atoms with Crippen LogP contribution in [0.2, 0.25) is 0 Å². The Hall–Kier alpha value is -2.14. The van der Waals surface area contributed by atoms with Gasteiger partial charge in [0.1, 0.15) is 5.01 Å². The molecular weight excluding hydrogens is 232 g/mol. The average molecular weight is 240 g/mol. The van der Waals surface area contributed by atoms with Crippen molar-refractivity contribution in [2.45, 2.75) is 0 Å². The minimum atomic E-state index is 0.451. The van der Waals surface area contributed by atoms with Crippen molar-refractivity contribution in [2.75, 3.05) is 0 Å². The van der Waals surface area contributed by atoms with E-state index in [1.165, 1.54) is 0 Å². The molecule has 0 atom stereocenters. The summed E-state index contributed by atoms with van der Waals surface area (Å²) in [6.45, 7) is 0. The molecule has 82 valence electrons. The molecule has 0 aliphatic carbocycles. The second kappa shape index (κ2) is 4.39. The van der Waals surface area contributed by atoms with Crippen LogP contribution in [0.3, 0.4) is 0 Å². The van der Waals surface area contributed by atoms with E-state index in [4.69, 9.17) is 0 Å². The molecule has 5 heteroatoms. The summed E-state index contributed by atoms with van der Waals surface area (Å²) in [6.07, 6.45) is 5.02. The third kappa shape index (κ3) is 2.19. The number of thiazole rings is 1. The molecule has 2 aromatic heterocycles. The normalized spacial score (nSPS) is 11.3. The molecule has 0 aliphatic rings. The Morgan fingerprint density at radius 3 is 2.71 bits per heavy atom. The average Bonchev–Trinajstić information content (AvgIpc) is 2.80. The van der Waals surface area contributed by atoms with Gasteiger partial charge in [-0.25, -0.2) is 19.9 Å². The molecule has 0 spiro atoms. The minimum absolute atomic E-state index is 0.451. The predicted octanol–water partition coefficient (Wildman–Crippen LogP) is 2.84. The van der Waals surface area contributed by atoms with Gasteiger partial charge in [0.15, 0.2) is 0 Å². The van der Waals surface area contributed by atoms with Crippen LogP contribution in [-0.2, 0) is 0 Å². The van der Waals surface area contributed by atoms with Gasteiger partial charge in [0, 0.05) is 12.4 Å². The molecule has 0 unspecified atom stereocenters. The number of aliphatic imine (C=N–C) groups is 1. The molecule has 2 heterocycles. The van der Waals surface area contributed by atoms with Crippen LogP contribution in [0.1, 0.15) is 5.01 Å². The largest absolute Gasteiger partial charge is 0.249 e. The quantitative estimate of drug-likeness (QED) is 0.647. The summed E-state index contributed by atoms with van der Waals surface area (Å²) in [4.78, 5) is 16.6. The van der Waals surface area contributed by atoms with Crippen molar-refractivity contribution in [2.24, 2.45) is 4.99 Å². The summed E-state index contributed by atoms with van der Waals surface area (Å²) in [7, 11) is 0. The van der Waals surface area contributed by atoms with E-state index in [2.05, 4.69) is 19.9 Å². The van der Waals surface area contributed by atoms with E-state index in [0.717, 1.165) is 15.2 Å². The summed E-state index contributed by atoms with van der Waals surface area (Å²) in [5, 5.41) is 0.860. The topological polar surface area (TPSA) is 51.0 Å². The van der Waals surface area contributed by atoms with Gasteiger partial charge in [-0.2, -0.15) is 0 Å². The van der Waals surface area contributed by atoms with Crippen LogP contribution in [-0.4, -0.2) is 21.2 Å². The van der Waals surface area contributed by atoms with E-state index in [1.807, 2.05) is 24.3 Å². The predicted molar refractivity (Wildman–Crippen MR) is 68.9 cm³/mol. The Bertz CT molecular complexity index is 627. The van der Waals surface area contributed by atoms with E-state index in [-0.39, 0.29) is 0 Å². The van der Waals surface area contributed by atoms with Crippen molar-refractivity contribution < 1.29 is 0 Å². The highest BCUT2D eigenvalue weighted by Gasteiger charge is 2.00. The minimum Gasteiger partial charge on any atom is -0.235 e. The number of nitrogens with zero attached hydrogens (tertiary/aromatic N) is 4. The number of hydrogen-bond donors (Lipinski definition) is 0. The van der Waals surface area contributed by atoms with Gasteiger partial charge >= 0.3 is 0 Å². The number of para-hydroxylation sites is 1. The molecule has 0 saturated carbocycles. The smallest absolute Gasteiger partial charge is 0.235 e. The molecule has 0 fully saturated rings. The number of benzene rings is 1. The van der Waals surface area contributed by atoms with Gasteiger partial charge in [-0.1, -0.05) is 12.1 Å². The van der Waals surface area contributed by atoms with Gasteiger partial charge in [-0.15, -0.1) is 11.3 Å². The Morgan fingerprint density at radius 1 is 1.06 bits per heavy atom. The van der Waals surface area contributed by atoms with Crippen molar-refractivity contribution in [3.05, 3.63) is 47.7 Å². The van der Waals surface area contributed by atoms with E-state index in [9.17, 15) is 0 Å². The van der Waals surface area contributed by atoms with E-state index in [0.29, 0.717) is 5.95 Å². The molecule has 0 amide bonds. The lowest BCUT2D eigenvalue weighted by Crippen LogP contribution is -1.81. The van der Waals surface area contributed by atoms with Crippen LogP contribution in [0.5, 0.6) is 0 Å². The highest BCUT2D eigenvalue weighted by atomic mass is 32.1. The summed E-state index contributed by atoms with van der Waals surface area (Å²) in [6, 6.07) is 9.77. The molecule has 0 aliphatic heterocycles. The standard InChI is InChI=1S/C12H8N4S/c1-2-5-10-9(4-1)16-11(17-10)8-15-12-13-6-3-7-14-12/h1-8H. The second-order valence-electron chi connectivity index (χ2n) is 3.33. The molecule has 3 rings (SSSR count). The third-order valence-corrected chi connectivity index (χ3v) is 3.12. The number of aromatic nitrogens is 3. The SMILES string of the molecule is C(=Nc1ncccn1)c1nc2ccccc2s1. The lowest BCUT2D eigenvalue weighted by atomic mass is 10.3. The van der Waals surface area contributed by atoms with Gasteiger partial charge in [0.25, 0.3) is 0 Å². The fourth-order valence-corrected chi connectivity index (χ4v) is 2.26. The van der Waals surface area contributed by atoms with E-state index >= 15 is 0 Å². The fourth-order valence-electron chi connectivity index (χ4n) is 1.42. The summed E-state index contributed by atoms with van der Waals surface area (Å²) >= 11 is 1.60. The Morgan fingerprint density at radius 2 is 1.88 bits per heavy atom. The Balaban J connectivity index is 1.92. The van der Waals surface area contributed by atoms with Gasteiger partial charge in [0.2, 0.25) is 5.95 Å². The first-order chi connectivity index (χ1) is 8.42. The molecular formula is C12H8N4S. The molecule has 0 saturated heterocycles. The maximum atomic E-state index is 4.44. The van der Waals surface area contributed by atoms with Gasteiger partial charge in [0.05, 0.1) is 16.4 Å². The van der Waals surface area contributed by atoms with Crippen LogP contribution >= 0.6 is 11.3 Å². The van der Waals surface area contributed by atoms with E-state index < -0.39 is 0 Å². The lowest BCUT2D eigenvalue weighted by molar-refractivity contribution is 1.14. The molecule has 0 N–H and O–H groups in total. The van der Waals surface area contributed by atoms with Gasteiger partial charge < -0.3 is 0 Å². The summed E-state index contributed by atoms with van der Waals surface area (Å²) in [5.74, 6) is 0.451. The zero-order valence-electron chi connectivity index (χ0n) is 8.82. The highest BCUT2D eigenvalue weighted by molar-refractivity contribution is 7.20. The monoisotopic (exact) mass is 240 g/mol. The highest BCUT2D eigenvalue weighted by Crippen LogP contribution is 2.20. The first-order valence-corrected chi connectivity index (χ1v) is 5.90. The van der Waals surface area contributed by atoms with Crippen LogP contribution in [0.25, 0.3) is 10.2 Å². The zero-order valence-corrected chi connectivity index (χ0v) is 9.63. The lowest BCUT2D eigenvalue weighted by Gasteiger charge is -1.86. The molecule has 0 bridgehead atoms. The van der Waals surface area contributed by atoms with Gasteiger partial charge in [-0.3, -0.25) is 0 Å². The number of rotatable bonds is 2. The molecule has 0 radical (unpaired) electrons. The van der Waals surface area contributed by atoms with E-state index in [1.54, 1.807) is 36.0 Å². The molecule has 1 aromatic carbocycles. The van der Waals surface area contributed by atoms with Crippen molar-refractivity contribution in [3.8, 4) is 0 Å². The van der Waals surface area contributed by atoms with Crippen molar-refractivity contribution in [3.63, 3.8) is 0 Å².